The van der Waals surface area contributed by atoms with Gasteiger partial charge in [-0.1, -0.05) is 13.3 Å². The van der Waals surface area contributed by atoms with Crippen LogP contribution in [0.5, 0.6) is 0 Å². The fraction of sp³-hybridized carbons (Fsp3) is 0.444. The molecule has 0 saturated carbocycles. The molecule has 13 heavy (non-hydrogen) atoms. The summed E-state index contributed by atoms with van der Waals surface area (Å²) in [6.07, 6.45) is 4.64. The van der Waals surface area contributed by atoms with Gasteiger partial charge >= 0.3 is 5.97 Å². The van der Waals surface area contributed by atoms with Crippen molar-refractivity contribution in [2.45, 2.75) is 19.8 Å². The molecule has 0 saturated heterocycles. The summed E-state index contributed by atoms with van der Waals surface area (Å²) >= 11 is 0. The largest absolute Gasteiger partial charge is 0.457 e. The molecule has 0 amide bonds. The van der Waals surface area contributed by atoms with Crippen molar-refractivity contribution in [3.63, 3.8) is 0 Å². The van der Waals surface area contributed by atoms with E-state index in [1.54, 1.807) is 12.1 Å². The molecule has 0 radical (unpaired) electrons. The normalized spacial score (nSPS) is 10.8. The Morgan fingerprint density at radius 2 is 2.54 bits per heavy atom. The van der Waals surface area contributed by atoms with Crippen LogP contribution in [0, 0.1) is 0 Å². The van der Waals surface area contributed by atoms with Gasteiger partial charge in [-0.05, 0) is 18.6 Å². The first-order chi connectivity index (χ1) is 6.34. The maximum atomic E-state index is 11.2. The van der Waals surface area contributed by atoms with Crippen molar-refractivity contribution in [2.24, 2.45) is 0 Å². The lowest BCUT2D eigenvalue weighted by atomic mass is 10.4. The van der Waals surface area contributed by atoms with Crippen molar-refractivity contribution in [3.8, 4) is 0 Å². The predicted molar refractivity (Wildman–Crippen MR) is 52.2 cm³/mol. The molecule has 1 rings (SSSR count). The zero-order chi connectivity index (χ0) is 9.52. The standard InChI is InChI=1S/C9H13O3P/c1-2-3-7-13-12-9(10)8-5-4-6-11-8/h4-6,13H,2-3,7H2,1H3. The van der Waals surface area contributed by atoms with Crippen LogP contribution < -0.4 is 0 Å². The third kappa shape index (κ3) is 3.60. The number of carbonyl (C=O) groups is 1. The monoisotopic (exact) mass is 200 g/mol. The molecule has 1 unspecified atom stereocenters. The molecule has 1 aromatic rings. The van der Waals surface area contributed by atoms with E-state index in [2.05, 4.69) is 6.92 Å². The highest BCUT2D eigenvalue weighted by Gasteiger charge is 2.08. The average Bonchev–Trinajstić information content (AvgIpc) is 2.65. The third-order valence-electron chi connectivity index (χ3n) is 1.52. The van der Waals surface area contributed by atoms with Gasteiger partial charge in [-0.15, -0.1) is 0 Å². The minimum Gasteiger partial charge on any atom is -0.457 e. The van der Waals surface area contributed by atoms with Crippen LogP contribution >= 0.6 is 8.81 Å². The lowest BCUT2D eigenvalue weighted by Crippen LogP contribution is -1.96. The second-order valence-electron chi connectivity index (χ2n) is 2.61. The Bertz CT molecular complexity index is 243. The van der Waals surface area contributed by atoms with Crippen LogP contribution in [-0.4, -0.2) is 12.1 Å². The number of hydrogen-bond donors (Lipinski definition) is 0. The van der Waals surface area contributed by atoms with Gasteiger partial charge in [-0.2, -0.15) is 0 Å². The molecule has 1 heterocycles. The summed E-state index contributed by atoms with van der Waals surface area (Å²) in [5, 5.41) is 0. The second-order valence-corrected chi connectivity index (χ2v) is 3.61. The molecule has 0 aliphatic heterocycles. The Morgan fingerprint density at radius 1 is 1.69 bits per heavy atom. The fourth-order valence-electron chi connectivity index (χ4n) is 0.811. The molecule has 4 heteroatoms. The number of rotatable bonds is 5. The highest BCUT2D eigenvalue weighted by Crippen LogP contribution is 2.17. The first kappa shape index (κ1) is 10.3. The zero-order valence-electron chi connectivity index (χ0n) is 7.58. The first-order valence-electron chi connectivity index (χ1n) is 4.32. The minimum atomic E-state index is -0.362. The van der Waals surface area contributed by atoms with Gasteiger partial charge in [0.2, 0.25) is 5.76 Å². The Morgan fingerprint density at radius 3 is 3.15 bits per heavy atom. The molecule has 0 aliphatic rings. The van der Waals surface area contributed by atoms with Crippen molar-refractivity contribution in [1.82, 2.24) is 0 Å². The number of carbonyl (C=O) groups excluding carboxylic acids is 1. The van der Waals surface area contributed by atoms with E-state index in [1.807, 2.05) is 0 Å². The van der Waals surface area contributed by atoms with Crippen molar-refractivity contribution in [3.05, 3.63) is 24.2 Å². The molecule has 72 valence electrons. The van der Waals surface area contributed by atoms with Gasteiger partial charge in [-0.3, -0.25) is 0 Å². The van der Waals surface area contributed by atoms with Crippen LogP contribution in [0.3, 0.4) is 0 Å². The van der Waals surface area contributed by atoms with Crippen molar-refractivity contribution < 1.29 is 13.7 Å². The SMILES string of the molecule is CCCCPOC(=O)c1ccco1. The van der Waals surface area contributed by atoms with Gasteiger partial charge in [0.05, 0.1) is 15.1 Å². The van der Waals surface area contributed by atoms with Crippen LogP contribution in [0.4, 0.5) is 0 Å². The summed E-state index contributed by atoms with van der Waals surface area (Å²) in [7, 11) is 0.248. The minimum absolute atomic E-state index is 0.248. The van der Waals surface area contributed by atoms with E-state index in [9.17, 15) is 4.79 Å². The highest BCUT2D eigenvalue weighted by molar-refractivity contribution is 7.32. The molecular weight excluding hydrogens is 187 g/mol. The van der Waals surface area contributed by atoms with Crippen molar-refractivity contribution >= 4 is 14.8 Å². The van der Waals surface area contributed by atoms with Gasteiger partial charge in [0.1, 0.15) is 0 Å². The zero-order valence-corrected chi connectivity index (χ0v) is 8.58. The van der Waals surface area contributed by atoms with Crippen LogP contribution in [0.1, 0.15) is 30.3 Å². The summed E-state index contributed by atoms with van der Waals surface area (Å²) < 4.78 is 9.87. The molecular formula is C9H13O3P. The van der Waals surface area contributed by atoms with E-state index in [0.29, 0.717) is 0 Å². The van der Waals surface area contributed by atoms with E-state index in [0.717, 1.165) is 19.0 Å². The summed E-state index contributed by atoms with van der Waals surface area (Å²) in [6, 6.07) is 3.28. The summed E-state index contributed by atoms with van der Waals surface area (Å²) in [4.78, 5) is 11.2. The molecule has 0 fully saturated rings. The molecule has 3 nitrogen and oxygen atoms in total. The summed E-state index contributed by atoms with van der Waals surface area (Å²) in [5.74, 6) is -0.0802. The van der Waals surface area contributed by atoms with E-state index in [1.165, 1.54) is 6.26 Å². The van der Waals surface area contributed by atoms with Gasteiger partial charge in [0.15, 0.2) is 0 Å². The van der Waals surface area contributed by atoms with E-state index in [4.69, 9.17) is 8.94 Å². The lowest BCUT2D eigenvalue weighted by Gasteiger charge is -2.00. The molecule has 0 aromatic carbocycles. The van der Waals surface area contributed by atoms with Gasteiger partial charge in [0.25, 0.3) is 0 Å². The third-order valence-corrected chi connectivity index (χ3v) is 2.41. The average molecular weight is 200 g/mol. The molecule has 1 aromatic heterocycles. The first-order valence-corrected chi connectivity index (χ1v) is 5.43. The van der Waals surface area contributed by atoms with Crippen LogP contribution in [0.15, 0.2) is 22.8 Å². The number of unbranched alkanes of at least 4 members (excludes halogenated alkanes) is 1. The van der Waals surface area contributed by atoms with Gasteiger partial charge < -0.3 is 8.94 Å². The van der Waals surface area contributed by atoms with Crippen molar-refractivity contribution in [2.75, 3.05) is 6.16 Å². The maximum Gasteiger partial charge on any atom is 0.376 e. The molecule has 0 spiro atoms. The molecule has 0 bridgehead atoms. The summed E-state index contributed by atoms with van der Waals surface area (Å²) in [6.45, 7) is 2.11. The molecule has 1 atom stereocenters. The number of hydrogen-bond acceptors (Lipinski definition) is 3. The van der Waals surface area contributed by atoms with Gasteiger partial charge in [0, 0.05) is 6.16 Å². The van der Waals surface area contributed by atoms with E-state index in [-0.39, 0.29) is 20.5 Å². The Hall–Kier alpha value is -0.820. The Kier molecular flexibility index (Phi) is 4.55. The maximum absolute atomic E-state index is 11.2. The quantitative estimate of drug-likeness (QED) is 0.542. The Balaban J connectivity index is 2.19. The predicted octanol–water partition coefficient (Wildman–Crippen LogP) is 2.83. The van der Waals surface area contributed by atoms with Crippen LogP contribution in [-0.2, 0) is 4.52 Å². The molecule has 0 N–H and O–H groups in total. The van der Waals surface area contributed by atoms with Crippen molar-refractivity contribution in [1.29, 1.82) is 0 Å². The van der Waals surface area contributed by atoms with E-state index < -0.39 is 0 Å². The molecule has 0 aliphatic carbocycles. The van der Waals surface area contributed by atoms with Gasteiger partial charge in [-0.25, -0.2) is 4.79 Å². The van der Waals surface area contributed by atoms with Crippen LogP contribution in [0.25, 0.3) is 0 Å². The smallest absolute Gasteiger partial charge is 0.376 e. The highest BCUT2D eigenvalue weighted by atomic mass is 31.1. The van der Waals surface area contributed by atoms with E-state index >= 15 is 0 Å². The lowest BCUT2D eigenvalue weighted by molar-refractivity contribution is 0.0727. The fourth-order valence-corrected chi connectivity index (χ4v) is 1.64. The second kappa shape index (κ2) is 5.76. The Labute approximate surface area is 79.3 Å². The van der Waals surface area contributed by atoms with Crippen LogP contribution in [0.2, 0.25) is 0 Å². The topological polar surface area (TPSA) is 39.4 Å². The summed E-state index contributed by atoms with van der Waals surface area (Å²) in [5.41, 5.74) is 0. The number of furan rings is 1.